The van der Waals surface area contributed by atoms with Gasteiger partial charge in [-0.3, -0.25) is 14.2 Å². The SMILES string of the molecule is C[C@H]1CCc2c(sc3ncn(CC(=O)N[C@@H](C)c4ccccc4)c(=O)c23)C1. The van der Waals surface area contributed by atoms with Crippen LogP contribution < -0.4 is 10.9 Å². The summed E-state index contributed by atoms with van der Waals surface area (Å²) in [7, 11) is 0. The number of aryl methyl sites for hydroxylation is 1. The van der Waals surface area contributed by atoms with E-state index >= 15 is 0 Å². The lowest BCUT2D eigenvalue weighted by Crippen LogP contribution is -2.34. The lowest BCUT2D eigenvalue weighted by atomic mass is 9.89. The van der Waals surface area contributed by atoms with E-state index in [-0.39, 0.29) is 24.1 Å². The van der Waals surface area contributed by atoms with Gasteiger partial charge in [-0.05, 0) is 43.2 Å². The van der Waals surface area contributed by atoms with E-state index in [1.165, 1.54) is 15.8 Å². The van der Waals surface area contributed by atoms with E-state index in [0.717, 1.165) is 35.2 Å². The van der Waals surface area contributed by atoms with E-state index < -0.39 is 0 Å². The van der Waals surface area contributed by atoms with Crippen LogP contribution in [-0.2, 0) is 24.2 Å². The molecule has 0 aliphatic heterocycles. The minimum Gasteiger partial charge on any atom is -0.348 e. The van der Waals surface area contributed by atoms with Crippen molar-refractivity contribution < 1.29 is 4.79 Å². The molecule has 0 unspecified atom stereocenters. The zero-order valence-corrected chi connectivity index (χ0v) is 16.4. The van der Waals surface area contributed by atoms with E-state index in [4.69, 9.17) is 0 Å². The van der Waals surface area contributed by atoms with Crippen LogP contribution in [0.1, 0.15) is 42.3 Å². The van der Waals surface area contributed by atoms with Crippen LogP contribution in [0.5, 0.6) is 0 Å². The Labute approximate surface area is 162 Å². The second-order valence-corrected chi connectivity index (χ2v) is 8.49. The first kappa shape index (κ1) is 17.9. The van der Waals surface area contributed by atoms with Crippen molar-refractivity contribution in [1.82, 2.24) is 14.9 Å². The highest BCUT2D eigenvalue weighted by Crippen LogP contribution is 2.35. The van der Waals surface area contributed by atoms with Crippen molar-refractivity contribution >= 4 is 27.5 Å². The molecular weight excluding hydrogens is 358 g/mol. The molecule has 0 saturated heterocycles. The molecular formula is C21H23N3O2S. The molecule has 1 N–H and O–H groups in total. The highest BCUT2D eigenvalue weighted by molar-refractivity contribution is 7.18. The molecule has 0 fully saturated rings. The molecule has 140 valence electrons. The van der Waals surface area contributed by atoms with Crippen LogP contribution >= 0.6 is 11.3 Å². The summed E-state index contributed by atoms with van der Waals surface area (Å²) in [5.74, 6) is 0.463. The van der Waals surface area contributed by atoms with Gasteiger partial charge in [0.1, 0.15) is 11.4 Å². The van der Waals surface area contributed by atoms with Gasteiger partial charge in [-0.15, -0.1) is 11.3 Å². The molecule has 2 aromatic heterocycles. The normalized spacial score (nSPS) is 17.5. The minimum atomic E-state index is -0.188. The molecule has 1 aliphatic rings. The molecule has 1 aliphatic carbocycles. The van der Waals surface area contributed by atoms with Gasteiger partial charge in [0.2, 0.25) is 5.91 Å². The maximum Gasteiger partial charge on any atom is 0.262 e. The summed E-state index contributed by atoms with van der Waals surface area (Å²) in [6.07, 6.45) is 4.55. The Balaban J connectivity index is 1.56. The molecule has 5 nitrogen and oxygen atoms in total. The molecule has 6 heteroatoms. The fourth-order valence-corrected chi connectivity index (χ4v) is 5.09. The molecule has 27 heavy (non-hydrogen) atoms. The first-order valence-electron chi connectivity index (χ1n) is 9.37. The average Bonchev–Trinajstić information content (AvgIpc) is 3.02. The number of fused-ring (bicyclic) bond motifs is 3. The van der Waals surface area contributed by atoms with Crippen LogP contribution in [0, 0.1) is 5.92 Å². The van der Waals surface area contributed by atoms with Crippen molar-refractivity contribution in [3.8, 4) is 0 Å². The quantitative estimate of drug-likeness (QED) is 0.753. The molecule has 0 spiro atoms. The Morgan fingerprint density at radius 3 is 2.93 bits per heavy atom. The maximum atomic E-state index is 13.0. The van der Waals surface area contributed by atoms with Crippen molar-refractivity contribution in [2.24, 2.45) is 5.92 Å². The Kier molecular flexibility index (Phi) is 4.83. The van der Waals surface area contributed by atoms with Gasteiger partial charge in [0.05, 0.1) is 17.8 Å². The summed E-state index contributed by atoms with van der Waals surface area (Å²) in [4.78, 5) is 32.0. The number of amides is 1. The number of carbonyl (C=O) groups excluding carboxylic acids is 1. The van der Waals surface area contributed by atoms with Gasteiger partial charge in [-0.1, -0.05) is 37.3 Å². The molecule has 4 rings (SSSR count). The van der Waals surface area contributed by atoms with E-state index in [9.17, 15) is 9.59 Å². The van der Waals surface area contributed by atoms with Crippen LogP contribution in [0.25, 0.3) is 10.2 Å². The van der Waals surface area contributed by atoms with Crippen molar-refractivity contribution in [3.05, 3.63) is 63.0 Å². The van der Waals surface area contributed by atoms with Crippen LogP contribution in [0.2, 0.25) is 0 Å². The Morgan fingerprint density at radius 2 is 2.15 bits per heavy atom. The molecule has 0 radical (unpaired) electrons. The van der Waals surface area contributed by atoms with Gasteiger partial charge in [-0.25, -0.2) is 4.98 Å². The molecule has 0 bridgehead atoms. The smallest absolute Gasteiger partial charge is 0.262 e. The number of aromatic nitrogens is 2. The van der Waals surface area contributed by atoms with Gasteiger partial charge < -0.3 is 5.32 Å². The number of nitrogens with one attached hydrogen (secondary N) is 1. The number of rotatable bonds is 4. The van der Waals surface area contributed by atoms with Gasteiger partial charge in [0.25, 0.3) is 5.56 Å². The standard InChI is InChI=1S/C21H23N3O2S/c1-13-8-9-16-17(10-13)27-20-19(16)21(26)24(12-22-20)11-18(25)23-14(2)15-6-4-3-5-7-15/h3-7,12-14H,8-11H2,1-2H3,(H,23,25)/t13-,14-/m0/s1. The second-order valence-electron chi connectivity index (χ2n) is 7.41. The van der Waals surface area contributed by atoms with Gasteiger partial charge in [-0.2, -0.15) is 0 Å². The fraction of sp³-hybridized carbons (Fsp3) is 0.381. The van der Waals surface area contributed by atoms with Gasteiger partial charge in [0, 0.05) is 4.88 Å². The Morgan fingerprint density at radius 1 is 1.37 bits per heavy atom. The highest BCUT2D eigenvalue weighted by Gasteiger charge is 2.23. The van der Waals surface area contributed by atoms with Crippen LogP contribution in [0.15, 0.2) is 41.5 Å². The first-order chi connectivity index (χ1) is 13.0. The maximum absolute atomic E-state index is 13.0. The van der Waals surface area contributed by atoms with E-state index in [1.54, 1.807) is 11.3 Å². The Bertz CT molecular complexity index is 1040. The zero-order valence-electron chi connectivity index (χ0n) is 15.6. The summed E-state index contributed by atoms with van der Waals surface area (Å²) in [6.45, 7) is 4.17. The van der Waals surface area contributed by atoms with Crippen LogP contribution in [0.3, 0.4) is 0 Å². The number of nitrogens with zero attached hydrogens (tertiary/aromatic N) is 2. The lowest BCUT2D eigenvalue weighted by molar-refractivity contribution is -0.122. The zero-order chi connectivity index (χ0) is 19.0. The molecule has 2 atom stereocenters. The highest BCUT2D eigenvalue weighted by atomic mass is 32.1. The average molecular weight is 382 g/mol. The number of thiophene rings is 1. The van der Waals surface area contributed by atoms with E-state index in [1.807, 2.05) is 37.3 Å². The minimum absolute atomic E-state index is 0.0139. The molecule has 1 aromatic carbocycles. The second kappa shape index (κ2) is 7.27. The molecule has 2 heterocycles. The van der Waals surface area contributed by atoms with Crippen LogP contribution in [0.4, 0.5) is 0 Å². The van der Waals surface area contributed by atoms with Crippen LogP contribution in [-0.4, -0.2) is 15.5 Å². The third kappa shape index (κ3) is 3.54. The molecule has 1 amide bonds. The third-order valence-corrected chi connectivity index (χ3v) is 6.44. The Hall–Kier alpha value is -2.47. The number of carbonyl (C=O) groups is 1. The first-order valence-corrected chi connectivity index (χ1v) is 10.2. The topological polar surface area (TPSA) is 64.0 Å². The third-order valence-electron chi connectivity index (χ3n) is 5.27. The van der Waals surface area contributed by atoms with Crippen molar-refractivity contribution in [2.75, 3.05) is 0 Å². The molecule has 0 saturated carbocycles. The lowest BCUT2D eigenvalue weighted by Gasteiger charge is -2.17. The number of benzene rings is 1. The van der Waals surface area contributed by atoms with Crippen molar-refractivity contribution in [1.29, 1.82) is 0 Å². The summed E-state index contributed by atoms with van der Waals surface area (Å²) in [5.41, 5.74) is 2.08. The summed E-state index contributed by atoms with van der Waals surface area (Å²) >= 11 is 1.63. The van der Waals surface area contributed by atoms with Gasteiger partial charge >= 0.3 is 0 Å². The summed E-state index contributed by atoms with van der Waals surface area (Å²) in [6, 6.07) is 9.68. The summed E-state index contributed by atoms with van der Waals surface area (Å²) in [5, 5.41) is 3.67. The predicted molar refractivity (Wildman–Crippen MR) is 108 cm³/mol. The van der Waals surface area contributed by atoms with E-state index in [2.05, 4.69) is 17.2 Å². The monoisotopic (exact) mass is 381 g/mol. The van der Waals surface area contributed by atoms with Gasteiger partial charge in [0.15, 0.2) is 0 Å². The number of hydrogen-bond acceptors (Lipinski definition) is 4. The summed E-state index contributed by atoms with van der Waals surface area (Å²) < 4.78 is 1.43. The van der Waals surface area contributed by atoms with Crippen molar-refractivity contribution in [2.45, 2.75) is 45.7 Å². The van der Waals surface area contributed by atoms with Crippen molar-refractivity contribution in [3.63, 3.8) is 0 Å². The molecule has 3 aromatic rings. The largest absolute Gasteiger partial charge is 0.348 e. The predicted octanol–water partition coefficient (Wildman–Crippen LogP) is 3.46. The number of hydrogen-bond donors (Lipinski definition) is 1. The fourth-order valence-electron chi connectivity index (χ4n) is 3.75. The van der Waals surface area contributed by atoms with E-state index in [0.29, 0.717) is 11.3 Å².